The molecule has 1 aromatic carbocycles. The third-order valence-electron chi connectivity index (χ3n) is 7.25. The van der Waals surface area contributed by atoms with Crippen LogP contribution in [0, 0.1) is 17.7 Å². The number of rotatable bonds is 5. The summed E-state index contributed by atoms with van der Waals surface area (Å²) in [5.41, 5.74) is 0.623. The van der Waals surface area contributed by atoms with Crippen LogP contribution in [0.5, 0.6) is 0 Å². The van der Waals surface area contributed by atoms with Gasteiger partial charge in [-0.3, -0.25) is 9.59 Å². The highest BCUT2D eigenvalue weighted by molar-refractivity contribution is 5.91. The van der Waals surface area contributed by atoms with Crippen LogP contribution in [0.25, 0.3) is 0 Å². The Balaban J connectivity index is 1.17. The van der Waals surface area contributed by atoms with E-state index in [0.29, 0.717) is 24.7 Å². The van der Waals surface area contributed by atoms with Crippen LogP contribution in [-0.2, 0) is 9.59 Å². The average molecular weight is 419 g/mol. The van der Waals surface area contributed by atoms with Gasteiger partial charge in [-0.25, -0.2) is 4.39 Å². The van der Waals surface area contributed by atoms with Gasteiger partial charge in [-0.05, 0) is 48.9 Å². The lowest BCUT2D eigenvalue weighted by Crippen LogP contribution is -3.28. The van der Waals surface area contributed by atoms with Crippen LogP contribution in [0.3, 0.4) is 0 Å². The number of carbonyl (C=O) groups excluding carboxylic acids is 2. The Kier molecular flexibility index (Phi) is 7.00. The third kappa shape index (κ3) is 5.58. The first-order valence-corrected chi connectivity index (χ1v) is 11.6. The normalized spacial score (nSPS) is 29.2. The molecule has 1 aliphatic carbocycles. The summed E-state index contributed by atoms with van der Waals surface area (Å²) in [5, 5.41) is 2.83. The van der Waals surface area contributed by atoms with Gasteiger partial charge in [0.1, 0.15) is 32.0 Å². The number of halogens is 1. The Morgan fingerprint density at radius 2 is 1.57 bits per heavy atom. The fourth-order valence-electron chi connectivity index (χ4n) is 5.43. The first-order chi connectivity index (χ1) is 14.6. The van der Waals surface area contributed by atoms with Crippen molar-refractivity contribution in [3.63, 3.8) is 0 Å². The molecule has 1 saturated carbocycles. The van der Waals surface area contributed by atoms with Gasteiger partial charge in [-0.1, -0.05) is 19.3 Å². The summed E-state index contributed by atoms with van der Waals surface area (Å²) in [6.07, 6.45) is 6.54. The smallest absolute Gasteiger partial charge is 0.279 e. The Morgan fingerprint density at radius 3 is 2.27 bits per heavy atom. The molecular weight excluding hydrogens is 383 g/mol. The molecule has 2 saturated heterocycles. The molecule has 3 N–H and O–H groups in total. The van der Waals surface area contributed by atoms with Crippen molar-refractivity contribution in [1.29, 1.82) is 0 Å². The maximum absolute atomic E-state index is 13.0. The average Bonchev–Trinajstić information content (AvgIpc) is 2.76. The molecule has 0 unspecified atom stereocenters. The second-order valence-electron chi connectivity index (χ2n) is 9.34. The van der Waals surface area contributed by atoms with Crippen molar-refractivity contribution in [2.24, 2.45) is 11.8 Å². The molecule has 1 aromatic rings. The predicted octanol–water partition coefficient (Wildman–Crippen LogP) is -0.414. The van der Waals surface area contributed by atoms with Crippen LogP contribution in [0.1, 0.15) is 32.1 Å². The summed E-state index contributed by atoms with van der Waals surface area (Å²) in [7, 11) is 0. The van der Waals surface area contributed by atoms with E-state index in [-0.39, 0.29) is 11.7 Å². The molecule has 0 radical (unpaired) electrons. The van der Waals surface area contributed by atoms with E-state index in [0.717, 1.165) is 51.1 Å². The molecule has 164 valence electrons. The van der Waals surface area contributed by atoms with E-state index < -0.39 is 0 Å². The van der Waals surface area contributed by atoms with E-state index in [1.807, 2.05) is 0 Å². The lowest BCUT2D eigenvalue weighted by molar-refractivity contribution is -1.00. The van der Waals surface area contributed by atoms with Crippen molar-refractivity contribution in [2.75, 3.05) is 57.7 Å². The first kappa shape index (κ1) is 21.2. The van der Waals surface area contributed by atoms with E-state index in [1.54, 1.807) is 12.1 Å². The van der Waals surface area contributed by atoms with Gasteiger partial charge in [-0.15, -0.1) is 0 Å². The van der Waals surface area contributed by atoms with E-state index in [1.165, 1.54) is 54.0 Å². The first-order valence-electron chi connectivity index (χ1n) is 11.6. The molecular formula is C23H35FN4O2+2. The Bertz CT molecular complexity index is 733. The number of amides is 2. The van der Waals surface area contributed by atoms with E-state index in [9.17, 15) is 14.0 Å². The van der Waals surface area contributed by atoms with Gasteiger partial charge in [0, 0.05) is 18.8 Å². The summed E-state index contributed by atoms with van der Waals surface area (Å²) >= 11 is 0. The maximum atomic E-state index is 13.0. The molecule has 2 atom stereocenters. The molecule has 4 rings (SSSR count). The van der Waals surface area contributed by atoms with Crippen LogP contribution in [-0.4, -0.2) is 69.1 Å². The minimum atomic E-state index is -0.310. The van der Waals surface area contributed by atoms with Gasteiger partial charge < -0.3 is 20.0 Å². The quantitative estimate of drug-likeness (QED) is 0.609. The summed E-state index contributed by atoms with van der Waals surface area (Å²) < 4.78 is 13.0. The molecule has 3 aliphatic rings. The fourth-order valence-corrected chi connectivity index (χ4v) is 5.43. The second-order valence-corrected chi connectivity index (χ2v) is 9.34. The van der Waals surface area contributed by atoms with E-state index >= 15 is 0 Å². The minimum absolute atomic E-state index is 0.0495. The summed E-state index contributed by atoms with van der Waals surface area (Å²) in [6, 6.07) is 5.84. The van der Waals surface area contributed by atoms with Gasteiger partial charge in [0.05, 0.1) is 0 Å². The van der Waals surface area contributed by atoms with Crippen molar-refractivity contribution in [3.05, 3.63) is 30.1 Å². The Morgan fingerprint density at radius 1 is 0.933 bits per heavy atom. The van der Waals surface area contributed by atoms with Gasteiger partial charge >= 0.3 is 0 Å². The monoisotopic (exact) mass is 418 g/mol. The number of piperidine rings is 1. The van der Waals surface area contributed by atoms with Gasteiger partial charge in [-0.2, -0.15) is 0 Å². The highest BCUT2D eigenvalue weighted by atomic mass is 19.1. The maximum Gasteiger partial charge on any atom is 0.279 e. The van der Waals surface area contributed by atoms with Crippen LogP contribution in [0.4, 0.5) is 10.1 Å². The van der Waals surface area contributed by atoms with Crippen molar-refractivity contribution in [1.82, 2.24) is 4.90 Å². The molecule has 2 heterocycles. The van der Waals surface area contributed by atoms with Crippen LogP contribution >= 0.6 is 0 Å². The molecule has 0 aromatic heterocycles. The number of anilines is 1. The topological polar surface area (TPSA) is 58.3 Å². The van der Waals surface area contributed by atoms with Crippen LogP contribution < -0.4 is 15.1 Å². The number of nitrogens with one attached hydrogen (secondary N) is 3. The molecule has 6 nitrogen and oxygen atoms in total. The van der Waals surface area contributed by atoms with Gasteiger partial charge in [0.15, 0.2) is 13.1 Å². The highest BCUT2D eigenvalue weighted by Gasteiger charge is 2.34. The fraction of sp³-hybridized carbons (Fsp3) is 0.652. The SMILES string of the molecule is O=C(C[NH+]1CC[NH+](CC(=O)N2CC[C@@H]3CCCC[C@H]3C2)CC1)Nc1ccc(F)cc1. The molecule has 0 spiro atoms. The van der Waals surface area contributed by atoms with Crippen molar-refractivity contribution < 1.29 is 23.8 Å². The number of hydrogen-bond acceptors (Lipinski definition) is 2. The number of fused-ring (bicyclic) bond motifs is 1. The standard InChI is InChI=1S/C23H33FN4O2/c24-20-5-7-21(8-6-20)25-22(29)16-26-11-13-27(14-12-26)17-23(30)28-10-9-18-3-1-2-4-19(18)15-28/h5-8,18-19H,1-4,9-17H2,(H,25,29)/p+2/t18-,19-/m0/s1. The van der Waals surface area contributed by atoms with E-state index in [4.69, 9.17) is 0 Å². The van der Waals surface area contributed by atoms with Crippen molar-refractivity contribution in [2.45, 2.75) is 32.1 Å². The number of hydrogen-bond donors (Lipinski definition) is 3. The second kappa shape index (κ2) is 9.88. The van der Waals surface area contributed by atoms with Gasteiger partial charge in [0.25, 0.3) is 11.8 Å². The molecule has 2 aliphatic heterocycles. The van der Waals surface area contributed by atoms with Crippen molar-refractivity contribution >= 4 is 17.5 Å². The largest absolute Gasteiger partial charge is 0.338 e. The predicted molar refractivity (Wildman–Crippen MR) is 113 cm³/mol. The molecule has 0 bridgehead atoms. The number of nitrogens with zero attached hydrogens (tertiary/aromatic N) is 1. The zero-order chi connectivity index (χ0) is 20.9. The summed E-state index contributed by atoms with van der Waals surface area (Å²) in [5.74, 6) is 1.53. The number of piperazine rings is 1. The highest BCUT2D eigenvalue weighted by Crippen LogP contribution is 2.35. The van der Waals surface area contributed by atoms with Crippen molar-refractivity contribution in [3.8, 4) is 0 Å². The summed E-state index contributed by atoms with van der Waals surface area (Å²) in [4.78, 5) is 29.8. The van der Waals surface area contributed by atoms with Gasteiger partial charge in [0.2, 0.25) is 0 Å². The zero-order valence-electron chi connectivity index (χ0n) is 17.8. The molecule has 30 heavy (non-hydrogen) atoms. The number of likely N-dealkylation sites (tertiary alicyclic amines) is 1. The molecule has 7 heteroatoms. The van der Waals surface area contributed by atoms with E-state index in [2.05, 4.69) is 10.2 Å². The Labute approximate surface area is 178 Å². The summed E-state index contributed by atoms with van der Waals surface area (Å²) in [6.45, 7) is 6.54. The van der Waals surface area contributed by atoms with Crippen LogP contribution in [0.2, 0.25) is 0 Å². The lowest BCUT2D eigenvalue weighted by Gasteiger charge is -2.41. The molecule has 3 fully saturated rings. The molecule has 2 amide bonds. The Hall–Kier alpha value is -1.99. The van der Waals surface area contributed by atoms with Crippen LogP contribution in [0.15, 0.2) is 24.3 Å². The minimum Gasteiger partial charge on any atom is -0.338 e. The zero-order valence-corrected chi connectivity index (χ0v) is 17.8. The third-order valence-corrected chi connectivity index (χ3v) is 7.25. The number of carbonyl (C=O) groups is 2. The lowest BCUT2D eigenvalue weighted by atomic mass is 9.75. The number of benzene rings is 1. The number of quaternary nitrogens is 2.